The van der Waals surface area contributed by atoms with Crippen LogP contribution >= 0.6 is 0 Å². The smallest absolute Gasteiger partial charge is 0.229 e. The maximum atomic E-state index is 11.7. The molecule has 0 aromatic heterocycles. The highest BCUT2D eigenvalue weighted by atomic mass is 16.2. The van der Waals surface area contributed by atoms with Crippen molar-refractivity contribution in [2.45, 2.75) is 45.1 Å². The molecule has 4 heteroatoms. The molecule has 2 heterocycles. The van der Waals surface area contributed by atoms with Crippen molar-refractivity contribution in [2.24, 2.45) is 5.92 Å². The van der Waals surface area contributed by atoms with Crippen LogP contribution in [0, 0.1) is 5.92 Å². The number of carbonyl (C=O) groups is 2. The maximum Gasteiger partial charge on any atom is 0.229 e. The molecule has 90 valence electrons. The molecule has 16 heavy (non-hydrogen) atoms. The normalized spacial score (nSPS) is 27.8. The molecule has 2 aliphatic rings. The molecule has 1 unspecified atom stereocenters. The lowest BCUT2D eigenvalue weighted by Gasteiger charge is -2.29. The Kier molecular flexibility index (Phi) is 3.59. The fraction of sp³-hybridized carbons (Fsp3) is 0.833. The van der Waals surface area contributed by atoms with Crippen LogP contribution in [0.1, 0.15) is 39.0 Å². The van der Waals surface area contributed by atoms with Crippen LogP contribution in [0.15, 0.2) is 0 Å². The average molecular weight is 224 g/mol. The van der Waals surface area contributed by atoms with E-state index >= 15 is 0 Å². The number of nitrogens with one attached hydrogen (secondary N) is 1. The first-order valence-electron chi connectivity index (χ1n) is 6.23. The zero-order valence-corrected chi connectivity index (χ0v) is 9.87. The number of likely N-dealkylation sites (tertiary alicyclic amines) is 1. The summed E-state index contributed by atoms with van der Waals surface area (Å²) in [5, 5.41) is 3.39. The molecule has 2 aliphatic heterocycles. The molecule has 1 atom stereocenters. The van der Waals surface area contributed by atoms with Crippen molar-refractivity contribution in [3.8, 4) is 0 Å². The van der Waals surface area contributed by atoms with Crippen LogP contribution in [-0.4, -0.2) is 35.8 Å². The number of hydrogen-bond donors (Lipinski definition) is 1. The first kappa shape index (κ1) is 11.6. The molecule has 2 saturated heterocycles. The minimum atomic E-state index is 0.0155. The molecule has 0 bridgehead atoms. The highest BCUT2D eigenvalue weighted by molar-refractivity contribution is 5.97. The van der Waals surface area contributed by atoms with Crippen molar-refractivity contribution in [3.63, 3.8) is 0 Å². The lowest BCUT2D eigenvalue weighted by atomic mass is 9.97. The largest absolute Gasteiger partial charge is 0.314 e. The van der Waals surface area contributed by atoms with E-state index in [1.54, 1.807) is 0 Å². The van der Waals surface area contributed by atoms with Crippen molar-refractivity contribution < 1.29 is 9.59 Å². The highest BCUT2D eigenvalue weighted by Crippen LogP contribution is 2.20. The van der Waals surface area contributed by atoms with Gasteiger partial charge >= 0.3 is 0 Å². The van der Waals surface area contributed by atoms with E-state index in [0.717, 1.165) is 13.0 Å². The fourth-order valence-electron chi connectivity index (χ4n) is 2.57. The minimum Gasteiger partial charge on any atom is -0.314 e. The van der Waals surface area contributed by atoms with Gasteiger partial charge in [-0.1, -0.05) is 6.92 Å². The van der Waals surface area contributed by atoms with Crippen molar-refractivity contribution in [3.05, 3.63) is 0 Å². The predicted molar refractivity (Wildman–Crippen MR) is 60.8 cm³/mol. The summed E-state index contributed by atoms with van der Waals surface area (Å²) in [4.78, 5) is 24.9. The van der Waals surface area contributed by atoms with Gasteiger partial charge in [-0.3, -0.25) is 14.5 Å². The Bertz CT molecular complexity index is 267. The quantitative estimate of drug-likeness (QED) is 0.725. The van der Waals surface area contributed by atoms with E-state index in [1.165, 1.54) is 17.7 Å². The molecule has 1 N–H and O–H groups in total. The Morgan fingerprint density at radius 3 is 2.56 bits per heavy atom. The zero-order chi connectivity index (χ0) is 11.5. The second-order valence-electron chi connectivity index (χ2n) is 5.03. The summed E-state index contributed by atoms with van der Waals surface area (Å²) in [5.74, 6) is 0.254. The van der Waals surface area contributed by atoms with Crippen LogP contribution < -0.4 is 5.32 Å². The molecule has 2 rings (SSSR count). The number of amides is 2. The van der Waals surface area contributed by atoms with E-state index in [2.05, 4.69) is 5.32 Å². The van der Waals surface area contributed by atoms with Gasteiger partial charge in [-0.25, -0.2) is 0 Å². The first-order chi connectivity index (χ1) is 7.66. The highest BCUT2D eigenvalue weighted by Gasteiger charge is 2.30. The predicted octanol–water partition coefficient (Wildman–Crippen LogP) is 0.914. The Morgan fingerprint density at radius 2 is 2.00 bits per heavy atom. The van der Waals surface area contributed by atoms with Crippen LogP contribution in [0.3, 0.4) is 0 Å². The molecule has 0 spiro atoms. The number of rotatable bonds is 3. The Labute approximate surface area is 96.4 Å². The lowest BCUT2D eigenvalue weighted by molar-refractivity contribution is -0.149. The van der Waals surface area contributed by atoms with Gasteiger partial charge in [-0.05, 0) is 31.7 Å². The summed E-state index contributed by atoms with van der Waals surface area (Å²) >= 11 is 0. The Hall–Kier alpha value is -0.900. The minimum absolute atomic E-state index is 0.0155. The number of imide groups is 1. The van der Waals surface area contributed by atoms with E-state index in [0.29, 0.717) is 25.4 Å². The van der Waals surface area contributed by atoms with Gasteiger partial charge in [-0.2, -0.15) is 0 Å². The van der Waals surface area contributed by atoms with Gasteiger partial charge in [0.15, 0.2) is 0 Å². The first-order valence-corrected chi connectivity index (χ1v) is 6.23. The SMILES string of the molecule is CC1CC(=O)N(CCC2CCCN2)C(=O)C1. The van der Waals surface area contributed by atoms with Crippen LogP contribution in [-0.2, 0) is 9.59 Å². The summed E-state index contributed by atoms with van der Waals surface area (Å²) in [6.45, 7) is 3.64. The molecular formula is C12H20N2O2. The van der Waals surface area contributed by atoms with E-state index < -0.39 is 0 Å². The summed E-state index contributed by atoms with van der Waals surface area (Å²) in [6, 6.07) is 0.500. The monoisotopic (exact) mass is 224 g/mol. The summed E-state index contributed by atoms with van der Waals surface area (Å²) in [6.07, 6.45) is 4.36. The lowest BCUT2D eigenvalue weighted by Crippen LogP contribution is -2.44. The third-order valence-electron chi connectivity index (χ3n) is 3.51. The zero-order valence-electron chi connectivity index (χ0n) is 9.87. The molecule has 0 aromatic rings. The third kappa shape index (κ3) is 2.61. The van der Waals surface area contributed by atoms with E-state index in [9.17, 15) is 9.59 Å². The fourth-order valence-corrected chi connectivity index (χ4v) is 2.57. The van der Waals surface area contributed by atoms with Gasteiger partial charge in [-0.15, -0.1) is 0 Å². The number of piperidine rings is 1. The summed E-state index contributed by atoms with van der Waals surface area (Å²) < 4.78 is 0. The second-order valence-corrected chi connectivity index (χ2v) is 5.03. The van der Waals surface area contributed by atoms with Crippen molar-refractivity contribution >= 4 is 11.8 Å². The van der Waals surface area contributed by atoms with Gasteiger partial charge in [0.05, 0.1) is 0 Å². The summed E-state index contributed by atoms with van der Waals surface area (Å²) in [5.41, 5.74) is 0. The molecule has 0 radical (unpaired) electrons. The molecular weight excluding hydrogens is 204 g/mol. The van der Waals surface area contributed by atoms with E-state index in [4.69, 9.17) is 0 Å². The van der Waals surface area contributed by atoms with Crippen LogP contribution in [0.25, 0.3) is 0 Å². The second kappa shape index (κ2) is 4.95. The number of carbonyl (C=O) groups excluding carboxylic acids is 2. The Balaban J connectivity index is 1.83. The molecule has 0 aliphatic carbocycles. The molecule has 0 aromatic carbocycles. The molecule has 0 saturated carbocycles. The molecule has 2 amide bonds. The maximum absolute atomic E-state index is 11.7. The van der Waals surface area contributed by atoms with Crippen LogP contribution in [0.5, 0.6) is 0 Å². The topological polar surface area (TPSA) is 49.4 Å². The van der Waals surface area contributed by atoms with Gasteiger partial charge in [0, 0.05) is 25.4 Å². The van der Waals surface area contributed by atoms with Gasteiger partial charge < -0.3 is 5.32 Å². The van der Waals surface area contributed by atoms with Crippen molar-refractivity contribution in [2.75, 3.05) is 13.1 Å². The van der Waals surface area contributed by atoms with Crippen LogP contribution in [0.2, 0.25) is 0 Å². The van der Waals surface area contributed by atoms with Gasteiger partial charge in [0.1, 0.15) is 0 Å². The van der Waals surface area contributed by atoms with Gasteiger partial charge in [0.25, 0.3) is 0 Å². The third-order valence-corrected chi connectivity index (χ3v) is 3.51. The van der Waals surface area contributed by atoms with Crippen molar-refractivity contribution in [1.29, 1.82) is 0 Å². The van der Waals surface area contributed by atoms with E-state index in [1.807, 2.05) is 6.92 Å². The molecule has 4 nitrogen and oxygen atoms in total. The summed E-state index contributed by atoms with van der Waals surface area (Å²) in [7, 11) is 0. The van der Waals surface area contributed by atoms with Gasteiger partial charge in [0.2, 0.25) is 11.8 Å². The Morgan fingerprint density at radius 1 is 1.31 bits per heavy atom. The number of nitrogens with zero attached hydrogens (tertiary/aromatic N) is 1. The number of hydrogen-bond acceptors (Lipinski definition) is 3. The standard InChI is InChI=1S/C12H20N2O2/c1-9-7-11(15)14(12(16)8-9)6-4-10-3-2-5-13-10/h9-10,13H,2-8H2,1H3. The molecule has 2 fully saturated rings. The average Bonchev–Trinajstić information content (AvgIpc) is 2.68. The van der Waals surface area contributed by atoms with Crippen molar-refractivity contribution in [1.82, 2.24) is 10.2 Å². The van der Waals surface area contributed by atoms with Crippen LogP contribution in [0.4, 0.5) is 0 Å². The van der Waals surface area contributed by atoms with E-state index in [-0.39, 0.29) is 17.7 Å².